The Kier molecular flexibility index (Phi) is 6.05. The lowest BCUT2D eigenvalue weighted by Gasteiger charge is -2.10. The van der Waals surface area contributed by atoms with Crippen LogP contribution in [0.15, 0.2) is 162 Å². The molecule has 0 radical (unpaired) electrons. The number of fused-ring (bicyclic) bond motifs is 8. The summed E-state index contributed by atoms with van der Waals surface area (Å²) in [6, 6.07) is 55.5. The van der Waals surface area contributed by atoms with Crippen molar-refractivity contribution in [2.24, 2.45) is 0 Å². The first-order chi connectivity index (χ1) is 23.8. The lowest BCUT2D eigenvalue weighted by Crippen LogP contribution is -1.94. The van der Waals surface area contributed by atoms with Gasteiger partial charge < -0.3 is 4.42 Å². The van der Waals surface area contributed by atoms with E-state index in [-0.39, 0.29) is 0 Å². The lowest BCUT2D eigenvalue weighted by molar-refractivity contribution is 0.667. The molecular formula is C44H26N2OS. The number of hydrogen-bond acceptors (Lipinski definition) is 4. The molecule has 48 heavy (non-hydrogen) atoms. The Labute approximate surface area is 280 Å². The molecule has 0 aliphatic carbocycles. The summed E-state index contributed by atoms with van der Waals surface area (Å²) < 4.78 is 9.23. The summed E-state index contributed by atoms with van der Waals surface area (Å²) in [5.41, 5.74) is 9.80. The molecule has 224 valence electrons. The van der Waals surface area contributed by atoms with Gasteiger partial charge in [-0.05, 0) is 57.3 Å². The average molecular weight is 631 g/mol. The summed E-state index contributed by atoms with van der Waals surface area (Å²) in [7, 11) is 0. The minimum Gasteiger partial charge on any atom is -0.452 e. The second kappa shape index (κ2) is 10.7. The average Bonchev–Trinajstić information content (AvgIpc) is 3.74. The van der Waals surface area contributed by atoms with Crippen molar-refractivity contribution in [3.8, 4) is 44.9 Å². The van der Waals surface area contributed by atoms with E-state index < -0.39 is 0 Å². The molecule has 0 saturated heterocycles. The van der Waals surface area contributed by atoms with Gasteiger partial charge in [-0.15, -0.1) is 11.3 Å². The molecule has 0 unspecified atom stereocenters. The Morgan fingerprint density at radius 2 is 1.15 bits per heavy atom. The molecule has 4 heteroatoms. The molecule has 0 atom stereocenters. The molecule has 0 N–H and O–H groups in total. The number of benzene rings is 7. The first kappa shape index (κ1) is 27.1. The molecule has 0 bridgehead atoms. The van der Waals surface area contributed by atoms with E-state index in [4.69, 9.17) is 14.4 Å². The van der Waals surface area contributed by atoms with Gasteiger partial charge in [0.25, 0.3) is 0 Å². The van der Waals surface area contributed by atoms with E-state index in [1.807, 2.05) is 35.6 Å². The van der Waals surface area contributed by atoms with Gasteiger partial charge in [-0.3, -0.25) is 0 Å². The maximum absolute atomic E-state index is 6.60. The van der Waals surface area contributed by atoms with Crippen molar-refractivity contribution in [2.75, 3.05) is 0 Å². The molecular weight excluding hydrogens is 605 g/mol. The number of hydrogen-bond donors (Lipinski definition) is 0. The number of thiophene rings is 1. The van der Waals surface area contributed by atoms with Crippen molar-refractivity contribution < 1.29 is 4.42 Å². The van der Waals surface area contributed by atoms with Crippen LogP contribution in [0.1, 0.15) is 0 Å². The molecule has 0 fully saturated rings. The highest BCUT2D eigenvalue weighted by molar-refractivity contribution is 7.26. The second-order valence-corrected chi connectivity index (χ2v) is 13.2. The van der Waals surface area contributed by atoms with Crippen molar-refractivity contribution in [1.29, 1.82) is 0 Å². The second-order valence-electron chi connectivity index (χ2n) is 12.1. The number of furan rings is 1. The van der Waals surface area contributed by atoms with Crippen molar-refractivity contribution >= 4 is 64.4 Å². The van der Waals surface area contributed by atoms with Crippen molar-refractivity contribution in [1.82, 2.24) is 9.97 Å². The predicted molar refractivity (Wildman–Crippen MR) is 201 cm³/mol. The van der Waals surface area contributed by atoms with E-state index in [0.717, 1.165) is 55.2 Å². The maximum atomic E-state index is 6.60. The Bertz CT molecular complexity index is 2850. The molecule has 10 aromatic rings. The fourth-order valence-electron chi connectivity index (χ4n) is 7.01. The predicted octanol–water partition coefficient (Wildman–Crippen LogP) is 12.6. The van der Waals surface area contributed by atoms with Crippen molar-refractivity contribution in [3.05, 3.63) is 158 Å². The van der Waals surface area contributed by atoms with Gasteiger partial charge in [0.2, 0.25) is 0 Å². The molecule has 0 amide bonds. The highest BCUT2D eigenvalue weighted by atomic mass is 32.1. The molecule has 0 aliphatic rings. The molecule has 3 nitrogen and oxygen atoms in total. The van der Waals surface area contributed by atoms with E-state index >= 15 is 0 Å². The molecule has 0 saturated carbocycles. The molecule has 3 heterocycles. The highest BCUT2D eigenvalue weighted by Crippen LogP contribution is 2.42. The zero-order valence-electron chi connectivity index (χ0n) is 25.7. The van der Waals surface area contributed by atoms with Gasteiger partial charge in [0.05, 0.1) is 5.39 Å². The van der Waals surface area contributed by atoms with Gasteiger partial charge in [0.1, 0.15) is 16.8 Å². The van der Waals surface area contributed by atoms with E-state index in [2.05, 4.69) is 133 Å². The van der Waals surface area contributed by atoms with Crippen LogP contribution in [0.4, 0.5) is 0 Å². The lowest BCUT2D eigenvalue weighted by atomic mass is 9.96. The third kappa shape index (κ3) is 4.27. The van der Waals surface area contributed by atoms with E-state index in [0.29, 0.717) is 11.4 Å². The quantitative estimate of drug-likeness (QED) is 0.194. The summed E-state index contributed by atoms with van der Waals surface area (Å²) in [5.74, 6) is 0.678. The summed E-state index contributed by atoms with van der Waals surface area (Å²) in [6.45, 7) is 0. The van der Waals surface area contributed by atoms with Crippen LogP contribution in [0.25, 0.3) is 97.9 Å². The van der Waals surface area contributed by atoms with Gasteiger partial charge in [-0.25, -0.2) is 9.97 Å². The molecule has 0 aliphatic heterocycles. The fourth-order valence-corrected chi connectivity index (χ4v) is 8.24. The third-order valence-corrected chi connectivity index (χ3v) is 10.5. The van der Waals surface area contributed by atoms with Gasteiger partial charge >= 0.3 is 0 Å². The summed E-state index contributed by atoms with van der Waals surface area (Å²) in [4.78, 5) is 10.3. The Morgan fingerprint density at radius 3 is 2.02 bits per heavy atom. The van der Waals surface area contributed by atoms with Crippen LogP contribution < -0.4 is 0 Å². The van der Waals surface area contributed by atoms with Crippen LogP contribution in [0.5, 0.6) is 0 Å². The largest absolute Gasteiger partial charge is 0.452 e. The number of rotatable bonds is 4. The zero-order valence-corrected chi connectivity index (χ0v) is 26.5. The van der Waals surface area contributed by atoms with Gasteiger partial charge in [-0.1, -0.05) is 133 Å². The van der Waals surface area contributed by atoms with Crippen molar-refractivity contribution in [3.63, 3.8) is 0 Å². The SMILES string of the molecule is c1ccc(-c2nc(-c3cccc(-c4cccc(-c5cccc6c5sc5ccccc56)c4)c3)c3oc4ccc5ccccc5c4c3n2)cc1. The monoisotopic (exact) mass is 630 g/mol. The van der Waals surface area contributed by atoms with Crippen LogP contribution in [-0.2, 0) is 0 Å². The number of nitrogens with zero attached hydrogens (tertiary/aromatic N) is 2. The van der Waals surface area contributed by atoms with Gasteiger partial charge in [0, 0.05) is 31.3 Å². The smallest absolute Gasteiger partial charge is 0.180 e. The Hall–Kier alpha value is -6.10. The summed E-state index contributed by atoms with van der Waals surface area (Å²) in [5, 5.41) is 5.91. The van der Waals surface area contributed by atoms with Crippen LogP contribution in [0, 0.1) is 0 Å². The first-order valence-electron chi connectivity index (χ1n) is 16.1. The number of aromatic nitrogens is 2. The van der Waals surface area contributed by atoms with Gasteiger partial charge in [0.15, 0.2) is 11.4 Å². The van der Waals surface area contributed by atoms with Crippen LogP contribution in [-0.4, -0.2) is 9.97 Å². The first-order valence-corrected chi connectivity index (χ1v) is 16.9. The van der Waals surface area contributed by atoms with Crippen LogP contribution in [0.3, 0.4) is 0 Å². The normalized spacial score (nSPS) is 11.8. The zero-order chi connectivity index (χ0) is 31.6. The van der Waals surface area contributed by atoms with E-state index in [9.17, 15) is 0 Å². The van der Waals surface area contributed by atoms with Gasteiger partial charge in [-0.2, -0.15) is 0 Å². The minimum absolute atomic E-state index is 0.678. The standard InChI is InChI=1S/C44H26N2OS/c1-2-12-28(13-3-1)44-45-40(42-41(46-44)39-33-18-5-4-11-27(33)23-24-37(39)47-42)32-17-9-15-30(26-32)29-14-8-16-31(25-29)34-20-10-21-36-35-19-6-7-22-38(35)48-43(34)36/h1-26H. The molecule has 10 rings (SSSR count). The van der Waals surface area contributed by atoms with Crippen molar-refractivity contribution in [2.45, 2.75) is 0 Å². The van der Waals surface area contributed by atoms with Crippen LogP contribution >= 0.6 is 11.3 Å². The summed E-state index contributed by atoms with van der Waals surface area (Å²) in [6.07, 6.45) is 0. The topological polar surface area (TPSA) is 38.9 Å². The Balaban J connectivity index is 1.15. The molecule has 7 aromatic carbocycles. The molecule has 3 aromatic heterocycles. The Morgan fingerprint density at radius 1 is 0.479 bits per heavy atom. The van der Waals surface area contributed by atoms with E-state index in [1.54, 1.807) is 0 Å². The fraction of sp³-hybridized carbons (Fsp3) is 0. The minimum atomic E-state index is 0.678. The molecule has 0 spiro atoms. The van der Waals surface area contributed by atoms with E-state index in [1.165, 1.54) is 31.3 Å². The maximum Gasteiger partial charge on any atom is 0.180 e. The summed E-state index contributed by atoms with van der Waals surface area (Å²) >= 11 is 1.86. The highest BCUT2D eigenvalue weighted by Gasteiger charge is 2.20. The third-order valence-electron chi connectivity index (χ3n) is 9.28. The van der Waals surface area contributed by atoms with Crippen LogP contribution in [0.2, 0.25) is 0 Å².